The van der Waals surface area contributed by atoms with Gasteiger partial charge in [0.1, 0.15) is 5.82 Å². The van der Waals surface area contributed by atoms with Crippen LogP contribution in [0, 0.1) is 25.1 Å². The fourth-order valence-corrected chi connectivity index (χ4v) is 5.46. The summed E-state index contributed by atoms with van der Waals surface area (Å²) in [6, 6.07) is 7.90. The lowest BCUT2D eigenvalue weighted by atomic mass is 10.1. The van der Waals surface area contributed by atoms with Gasteiger partial charge >= 0.3 is 0 Å². The van der Waals surface area contributed by atoms with Crippen molar-refractivity contribution in [1.29, 1.82) is 5.41 Å². The molecule has 2 aliphatic heterocycles. The number of aromatic nitrogens is 1. The van der Waals surface area contributed by atoms with E-state index in [1.165, 1.54) is 19.1 Å². The first-order valence-electron chi connectivity index (χ1n) is 9.30. The maximum absolute atomic E-state index is 13.3. The summed E-state index contributed by atoms with van der Waals surface area (Å²) in [6.07, 6.45) is 1.54. The molecule has 4 rings (SSSR count). The predicted molar refractivity (Wildman–Crippen MR) is 120 cm³/mol. The number of hydrazone groups is 1. The molecule has 160 valence electrons. The van der Waals surface area contributed by atoms with Gasteiger partial charge in [-0.1, -0.05) is 6.92 Å². The molecule has 2 aromatic rings. The number of carbonyl (C=O) groups excluding carboxylic acids is 1. The van der Waals surface area contributed by atoms with Gasteiger partial charge in [0.15, 0.2) is 5.84 Å². The van der Waals surface area contributed by atoms with E-state index < -0.39 is 15.7 Å². The van der Waals surface area contributed by atoms with Crippen LogP contribution in [0.4, 0.5) is 4.39 Å². The van der Waals surface area contributed by atoms with Gasteiger partial charge in [0.05, 0.1) is 11.3 Å². The molecule has 0 saturated heterocycles. The van der Waals surface area contributed by atoms with E-state index in [-0.39, 0.29) is 32.5 Å². The van der Waals surface area contributed by atoms with Crippen molar-refractivity contribution in [2.75, 3.05) is 5.75 Å². The zero-order valence-corrected chi connectivity index (χ0v) is 18.5. The van der Waals surface area contributed by atoms with Gasteiger partial charge < -0.3 is 4.57 Å². The second-order valence-electron chi connectivity index (χ2n) is 6.93. The van der Waals surface area contributed by atoms with Crippen LogP contribution in [0.25, 0.3) is 11.8 Å². The fourth-order valence-electron chi connectivity index (χ4n) is 3.30. The summed E-state index contributed by atoms with van der Waals surface area (Å²) >= 11 is 0.764. The average molecular weight is 460 g/mol. The van der Waals surface area contributed by atoms with Crippen LogP contribution < -0.4 is 0 Å². The van der Waals surface area contributed by atoms with Crippen molar-refractivity contribution in [1.82, 2.24) is 9.58 Å². The van der Waals surface area contributed by atoms with E-state index in [9.17, 15) is 17.6 Å². The number of fused-ring (bicyclic) bond motifs is 1. The van der Waals surface area contributed by atoms with E-state index in [1.807, 2.05) is 24.5 Å². The molecule has 0 spiro atoms. The minimum atomic E-state index is -3.58. The number of sulfone groups is 1. The lowest BCUT2D eigenvalue weighted by Crippen LogP contribution is -2.35. The first kappa shape index (κ1) is 21.2. The molecule has 1 aromatic carbocycles. The number of benzene rings is 1. The van der Waals surface area contributed by atoms with Gasteiger partial charge in [-0.15, -0.1) is 5.10 Å². The van der Waals surface area contributed by atoms with Gasteiger partial charge in [-0.2, -0.15) is 10.0 Å². The highest BCUT2D eigenvalue weighted by Gasteiger charge is 2.39. The van der Waals surface area contributed by atoms with E-state index in [0.29, 0.717) is 5.56 Å². The van der Waals surface area contributed by atoms with Crippen molar-refractivity contribution < 1.29 is 17.6 Å². The summed E-state index contributed by atoms with van der Waals surface area (Å²) in [6.45, 7) is 5.23. The second kappa shape index (κ2) is 7.57. The van der Waals surface area contributed by atoms with Crippen LogP contribution in [-0.4, -0.2) is 45.0 Å². The Morgan fingerprint density at radius 1 is 1.23 bits per heavy atom. The lowest BCUT2D eigenvalue weighted by Gasteiger charge is -2.20. The summed E-state index contributed by atoms with van der Waals surface area (Å²) in [4.78, 5) is 16.5. The Morgan fingerprint density at radius 2 is 1.90 bits per heavy atom. The zero-order valence-electron chi connectivity index (χ0n) is 16.9. The monoisotopic (exact) mass is 459 g/mol. The number of aryl methyl sites for hydroxylation is 1. The van der Waals surface area contributed by atoms with Crippen LogP contribution in [0.5, 0.6) is 0 Å². The summed E-state index contributed by atoms with van der Waals surface area (Å²) in [5, 5.41) is 13.5. The molecule has 31 heavy (non-hydrogen) atoms. The normalized spacial score (nSPS) is 17.8. The second-order valence-corrected chi connectivity index (χ2v) is 10.3. The molecule has 0 saturated carbocycles. The van der Waals surface area contributed by atoms with Gasteiger partial charge in [0, 0.05) is 17.1 Å². The van der Waals surface area contributed by atoms with Crippen LogP contribution in [-0.2, 0) is 14.6 Å². The van der Waals surface area contributed by atoms with Crippen LogP contribution >= 0.6 is 11.8 Å². The third kappa shape index (κ3) is 3.63. The first-order valence-corrected chi connectivity index (χ1v) is 11.8. The fraction of sp³-hybridized carbons (Fsp3) is 0.200. The molecule has 0 aliphatic carbocycles. The molecular formula is C20H18FN5O3S2. The van der Waals surface area contributed by atoms with Gasteiger partial charge in [0.25, 0.3) is 5.91 Å². The summed E-state index contributed by atoms with van der Waals surface area (Å²) in [5.41, 5.74) is 3.11. The summed E-state index contributed by atoms with van der Waals surface area (Å²) < 4.78 is 39.3. The lowest BCUT2D eigenvalue weighted by molar-refractivity contribution is -0.114. The number of thioether (sulfide) groups is 1. The van der Waals surface area contributed by atoms with E-state index in [0.717, 1.165) is 33.8 Å². The van der Waals surface area contributed by atoms with Crippen LogP contribution in [0.1, 0.15) is 23.9 Å². The molecule has 1 N–H and O–H groups in total. The molecule has 8 nitrogen and oxygen atoms in total. The summed E-state index contributed by atoms with van der Waals surface area (Å²) in [7, 11) is -3.58. The standard InChI is InChI=1S/C20H18FN5O3S2/c1-4-31(28,29)20-24-26-17(22)16(18(27)23-19(26)30-20)10-13-9-11(2)25(12(13)3)15-7-5-14(21)6-8-15/h5-10,22H,4H2,1-3H3/b16-10+,22-17?. The van der Waals surface area contributed by atoms with Gasteiger partial charge in [-0.25, -0.2) is 12.8 Å². The highest BCUT2D eigenvalue weighted by atomic mass is 32.3. The minimum absolute atomic E-state index is 0.00241. The van der Waals surface area contributed by atoms with E-state index in [4.69, 9.17) is 5.41 Å². The number of hydrogen-bond acceptors (Lipinski definition) is 6. The van der Waals surface area contributed by atoms with E-state index in [2.05, 4.69) is 10.1 Å². The topological polar surface area (TPSA) is 108 Å². The van der Waals surface area contributed by atoms with Crippen molar-refractivity contribution in [2.45, 2.75) is 20.8 Å². The van der Waals surface area contributed by atoms with Crippen molar-refractivity contribution in [2.24, 2.45) is 10.1 Å². The first-order chi connectivity index (χ1) is 14.6. The highest BCUT2D eigenvalue weighted by Crippen LogP contribution is 2.31. The number of carbonyl (C=O) groups is 1. The number of nitrogens with one attached hydrogen (secondary N) is 1. The Balaban J connectivity index is 1.74. The van der Waals surface area contributed by atoms with Crippen LogP contribution in [0.15, 0.2) is 46.0 Å². The number of aliphatic imine (C=N–C) groups is 1. The highest BCUT2D eigenvalue weighted by molar-refractivity contribution is 8.42. The average Bonchev–Trinajstić information content (AvgIpc) is 3.27. The molecule has 2 aliphatic rings. The number of amidine groups is 2. The van der Waals surface area contributed by atoms with Crippen LogP contribution in [0.2, 0.25) is 0 Å². The Labute approximate surface area is 182 Å². The number of hydrogen-bond donors (Lipinski definition) is 1. The van der Waals surface area contributed by atoms with Gasteiger partial charge in [0.2, 0.25) is 19.4 Å². The molecule has 0 fully saturated rings. The third-order valence-electron chi connectivity index (χ3n) is 4.94. The van der Waals surface area contributed by atoms with Crippen molar-refractivity contribution in [3.63, 3.8) is 0 Å². The Bertz CT molecular complexity index is 1320. The van der Waals surface area contributed by atoms with Gasteiger partial charge in [-0.3, -0.25) is 10.2 Å². The SMILES string of the molecule is CCS(=O)(=O)C1=NN2C(=N)/C(=C\c3cc(C)n(-c4ccc(F)cc4)c3C)C(=O)N=C2S1. The van der Waals surface area contributed by atoms with Crippen molar-refractivity contribution in [3.05, 3.63) is 58.7 Å². The molecular weight excluding hydrogens is 441 g/mol. The smallest absolute Gasteiger partial charge is 0.283 e. The predicted octanol–water partition coefficient (Wildman–Crippen LogP) is 3.24. The van der Waals surface area contributed by atoms with Gasteiger partial charge in [-0.05, 0) is 67.6 Å². The maximum Gasteiger partial charge on any atom is 0.283 e. The molecule has 11 heteroatoms. The summed E-state index contributed by atoms with van der Waals surface area (Å²) in [5.74, 6) is -1.35. The Morgan fingerprint density at radius 3 is 2.55 bits per heavy atom. The maximum atomic E-state index is 13.3. The number of rotatable bonds is 3. The quantitative estimate of drug-likeness (QED) is 0.709. The number of nitrogens with zero attached hydrogens (tertiary/aromatic N) is 4. The van der Waals surface area contributed by atoms with E-state index >= 15 is 0 Å². The van der Waals surface area contributed by atoms with Crippen LogP contribution in [0.3, 0.4) is 0 Å². The molecule has 1 amide bonds. The van der Waals surface area contributed by atoms with E-state index in [1.54, 1.807) is 18.2 Å². The Kier molecular flexibility index (Phi) is 5.18. The molecule has 0 atom stereocenters. The third-order valence-corrected chi connectivity index (χ3v) is 8.03. The van der Waals surface area contributed by atoms with Crippen molar-refractivity contribution in [3.8, 4) is 5.69 Å². The minimum Gasteiger partial charge on any atom is -0.318 e. The largest absolute Gasteiger partial charge is 0.318 e. The molecule has 1 aromatic heterocycles. The Hall–Kier alpha value is -3.05. The molecule has 0 bridgehead atoms. The molecule has 0 unspecified atom stereocenters. The number of amides is 1. The number of halogens is 1. The zero-order chi connectivity index (χ0) is 22.5. The van der Waals surface area contributed by atoms with Crippen molar-refractivity contribution >= 4 is 49.0 Å². The molecule has 0 radical (unpaired) electrons. The molecule has 3 heterocycles.